The van der Waals surface area contributed by atoms with Crippen LogP contribution in [0.3, 0.4) is 0 Å². The zero-order chi connectivity index (χ0) is 21.1. The van der Waals surface area contributed by atoms with Gasteiger partial charge in [0, 0.05) is 12.5 Å². The van der Waals surface area contributed by atoms with E-state index in [9.17, 15) is 15.0 Å². The zero-order valence-electron chi connectivity index (χ0n) is 16.6. The lowest BCUT2D eigenvalue weighted by molar-refractivity contribution is -0.420. The van der Waals surface area contributed by atoms with E-state index in [-0.39, 0.29) is 12.5 Å². The molecule has 11 nitrogen and oxygen atoms in total. The van der Waals surface area contributed by atoms with Crippen LogP contribution in [0.5, 0.6) is 0 Å². The first-order valence-electron chi connectivity index (χ1n) is 9.76. The van der Waals surface area contributed by atoms with E-state index < -0.39 is 36.4 Å². The molecule has 6 atom stereocenters. The lowest BCUT2D eigenvalue weighted by Crippen LogP contribution is -2.68. The summed E-state index contributed by atoms with van der Waals surface area (Å²) in [5.41, 5.74) is 10.7. The Balaban J connectivity index is 1.55. The topological polar surface area (TPSA) is 173 Å². The van der Waals surface area contributed by atoms with Crippen LogP contribution in [0, 0.1) is 5.92 Å². The predicted molar refractivity (Wildman–Crippen MR) is 102 cm³/mol. The third-order valence-corrected chi connectivity index (χ3v) is 5.57. The average Bonchev–Trinajstić information content (AvgIpc) is 3.26. The third kappa shape index (κ3) is 4.47. The first-order valence-corrected chi connectivity index (χ1v) is 9.76. The fourth-order valence-corrected chi connectivity index (χ4v) is 3.32. The second-order valence-electron chi connectivity index (χ2n) is 7.47. The fourth-order valence-electron chi connectivity index (χ4n) is 3.32. The minimum Gasteiger partial charge on any atom is -0.458 e. The van der Waals surface area contributed by atoms with E-state index >= 15 is 0 Å². The van der Waals surface area contributed by atoms with E-state index in [2.05, 4.69) is 20.7 Å². The molecule has 1 aliphatic rings. The van der Waals surface area contributed by atoms with Crippen molar-refractivity contribution in [1.29, 1.82) is 0 Å². The van der Waals surface area contributed by atoms with Gasteiger partial charge in [0.05, 0.1) is 12.4 Å². The maximum Gasteiger partial charge on any atom is 0.365 e. The van der Waals surface area contributed by atoms with Crippen molar-refractivity contribution in [3.63, 3.8) is 0 Å². The number of carbonyl (C=O) groups excluding carboxylic acids is 1. The van der Waals surface area contributed by atoms with E-state index in [1.165, 1.54) is 6.33 Å². The molecule has 1 aliphatic heterocycles. The smallest absolute Gasteiger partial charge is 0.365 e. The van der Waals surface area contributed by atoms with Gasteiger partial charge in [-0.25, -0.2) is 19.7 Å². The Labute approximate surface area is 168 Å². The number of aryl methyl sites for hydroxylation is 1. The van der Waals surface area contributed by atoms with E-state index in [1.54, 1.807) is 10.9 Å². The number of nitrogens with two attached hydrogens (primary N) is 1. The largest absolute Gasteiger partial charge is 0.458 e. The number of fused-ring (bicyclic) bond motifs is 1. The molecule has 2 aromatic heterocycles. The number of ether oxygens (including phenoxy) is 2. The molecule has 0 saturated carbocycles. The van der Waals surface area contributed by atoms with Gasteiger partial charge in [-0.2, -0.15) is 0 Å². The molecule has 0 bridgehead atoms. The molecule has 0 radical (unpaired) electrons. The van der Waals surface area contributed by atoms with Gasteiger partial charge in [0.25, 0.3) is 0 Å². The van der Waals surface area contributed by atoms with Crippen molar-refractivity contribution >= 4 is 23.0 Å². The van der Waals surface area contributed by atoms with Gasteiger partial charge in [-0.1, -0.05) is 13.8 Å². The number of anilines is 1. The Bertz CT molecular complexity index is 845. The number of nitrogen functional groups attached to an aromatic ring is 1. The number of hydrogen-bond acceptors (Lipinski definition) is 9. The van der Waals surface area contributed by atoms with Gasteiger partial charge in [0.2, 0.25) is 0 Å². The lowest BCUT2D eigenvalue weighted by atomic mass is 10.0. The third-order valence-electron chi connectivity index (χ3n) is 5.57. The van der Waals surface area contributed by atoms with Crippen LogP contribution in [0.25, 0.3) is 11.2 Å². The second kappa shape index (κ2) is 8.99. The Morgan fingerprint density at radius 2 is 2.07 bits per heavy atom. The molecule has 29 heavy (non-hydrogen) atoms. The van der Waals surface area contributed by atoms with Crippen LogP contribution in [-0.2, 0) is 20.8 Å². The van der Waals surface area contributed by atoms with Crippen molar-refractivity contribution < 1.29 is 30.2 Å². The van der Waals surface area contributed by atoms with Crippen LogP contribution in [0.15, 0.2) is 12.7 Å². The Hall–Kier alpha value is -2.34. The first-order chi connectivity index (χ1) is 13.8. The Kier molecular flexibility index (Phi) is 6.63. The van der Waals surface area contributed by atoms with Gasteiger partial charge in [0.1, 0.15) is 36.8 Å². The van der Waals surface area contributed by atoms with Gasteiger partial charge in [0.15, 0.2) is 17.5 Å². The highest BCUT2D eigenvalue weighted by Crippen LogP contribution is 2.25. The lowest BCUT2D eigenvalue weighted by Gasteiger charge is -2.18. The van der Waals surface area contributed by atoms with Gasteiger partial charge in [-0.15, -0.1) is 0 Å². The summed E-state index contributed by atoms with van der Waals surface area (Å²) in [6.45, 7) is 4.22. The molecular formula is C18H29N6O5+. The van der Waals surface area contributed by atoms with Crippen LogP contribution >= 0.6 is 0 Å². The molecule has 0 spiro atoms. The maximum absolute atomic E-state index is 12.1. The summed E-state index contributed by atoms with van der Waals surface area (Å²) in [7, 11) is 0. The van der Waals surface area contributed by atoms with Gasteiger partial charge < -0.3 is 35.7 Å². The van der Waals surface area contributed by atoms with Crippen molar-refractivity contribution in [1.82, 2.24) is 19.5 Å². The molecule has 0 aromatic carbocycles. The van der Waals surface area contributed by atoms with Crippen LogP contribution < -0.4 is 11.5 Å². The highest BCUT2D eigenvalue weighted by atomic mass is 16.6. The van der Waals surface area contributed by atoms with Crippen molar-refractivity contribution in [2.75, 3.05) is 12.3 Å². The molecule has 160 valence electrons. The van der Waals surface area contributed by atoms with Crippen LogP contribution in [0.1, 0.15) is 26.7 Å². The summed E-state index contributed by atoms with van der Waals surface area (Å²) in [6, 6.07) is -0.483. The molecule has 1 fully saturated rings. The van der Waals surface area contributed by atoms with Crippen LogP contribution in [0.2, 0.25) is 0 Å². The molecule has 3 heterocycles. The second-order valence-corrected chi connectivity index (χ2v) is 7.47. The summed E-state index contributed by atoms with van der Waals surface area (Å²) in [6.07, 6.45) is 0.539. The number of aliphatic hydroxyl groups is 2. The number of rotatable bonds is 8. The number of hydrogen-bond donors (Lipinski definition) is 4. The normalized spacial score (nSPS) is 26.5. The zero-order valence-corrected chi connectivity index (χ0v) is 16.6. The summed E-state index contributed by atoms with van der Waals surface area (Å²) in [5.74, 6) is -0.0438. The average molecular weight is 409 g/mol. The summed E-state index contributed by atoms with van der Waals surface area (Å²) >= 11 is 0. The van der Waals surface area contributed by atoms with Crippen molar-refractivity contribution in [3.8, 4) is 0 Å². The van der Waals surface area contributed by atoms with Crippen molar-refractivity contribution in [2.24, 2.45) is 5.92 Å². The van der Waals surface area contributed by atoms with Crippen LogP contribution in [0.4, 0.5) is 5.82 Å². The predicted octanol–water partition coefficient (Wildman–Crippen LogP) is -1.51. The molecule has 11 heteroatoms. The molecule has 7 N–H and O–H groups in total. The molecule has 3 rings (SSSR count). The summed E-state index contributed by atoms with van der Waals surface area (Å²) in [4.78, 5) is 24.4. The SMILES string of the molecule is CC[C@H](C)[C@H]([NH3+])C(=O)OC[C@H]1O[C@@H](CCn2cnc3c(N)ncnc32)[C@H](O)[C@@H]1O. The van der Waals surface area contributed by atoms with E-state index in [0.29, 0.717) is 29.9 Å². The standard InChI is InChI=1S/C18H28N6O5/c1-3-9(2)12(19)18(27)28-6-11-15(26)14(25)10(29-11)4-5-24-8-23-13-16(20)21-7-22-17(13)24/h7-12,14-15,25-26H,3-6,19H2,1-2H3,(H2,20,21,22)/p+1/t9-,10-,11+,12-,14-,15+/m0/s1. The van der Waals surface area contributed by atoms with Crippen molar-refractivity contribution in [3.05, 3.63) is 12.7 Å². The van der Waals surface area contributed by atoms with Gasteiger partial charge >= 0.3 is 5.97 Å². The minimum atomic E-state index is -1.14. The first kappa shape index (κ1) is 21.4. The molecule has 0 amide bonds. The number of aromatic nitrogens is 4. The molecule has 0 unspecified atom stereocenters. The molecular weight excluding hydrogens is 380 g/mol. The number of esters is 1. The number of carbonyl (C=O) groups is 1. The maximum atomic E-state index is 12.1. The van der Waals surface area contributed by atoms with Crippen LogP contribution in [-0.4, -0.2) is 72.8 Å². The van der Waals surface area contributed by atoms with E-state index in [1.807, 2.05) is 13.8 Å². The molecule has 0 aliphatic carbocycles. The number of aliphatic hydroxyl groups excluding tert-OH is 2. The van der Waals surface area contributed by atoms with E-state index in [4.69, 9.17) is 15.2 Å². The number of imidazole rings is 1. The number of nitrogens with zero attached hydrogens (tertiary/aromatic N) is 4. The quantitative estimate of drug-likeness (QED) is 0.378. The summed E-state index contributed by atoms with van der Waals surface area (Å²) in [5, 5.41) is 20.6. The fraction of sp³-hybridized carbons (Fsp3) is 0.667. The van der Waals surface area contributed by atoms with Gasteiger partial charge in [-0.05, 0) is 12.8 Å². The highest BCUT2D eigenvalue weighted by Gasteiger charge is 2.43. The molecule has 2 aromatic rings. The number of quaternary nitrogens is 1. The minimum absolute atomic E-state index is 0.0955. The van der Waals surface area contributed by atoms with Gasteiger partial charge in [-0.3, -0.25) is 0 Å². The van der Waals surface area contributed by atoms with Crippen molar-refractivity contribution in [2.45, 2.75) is 63.7 Å². The summed E-state index contributed by atoms with van der Waals surface area (Å²) < 4.78 is 12.8. The monoisotopic (exact) mass is 409 g/mol. The highest BCUT2D eigenvalue weighted by molar-refractivity contribution is 5.81. The Morgan fingerprint density at radius 1 is 1.34 bits per heavy atom. The Morgan fingerprint density at radius 3 is 2.79 bits per heavy atom. The van der Waals surface area contributed by atoms with E-state index in [0.717, 1.165) is 6.42 Å². The molecule has 1 saturated heterocycles.